The Hall–Kier alpha value is -3.31. The van der Waals surface area contributed by atoms with Crippen LogP contribution < -0.4 is 15.0 Å². The number of fused-ring (bicyclic) bond motifs is 1. The number of rotatable bonds is 8. The molecule has 0 saturated carbocycles. The highest BCUT2D eigenvalue weighted by molar-refractivity contribution is 5.77. The first-order valence-corrected chi connectivity index (χ1v) is 11.5. The van der Waals surface area contributed by atoms with E-state index in [9.17, 15) is 4.79 Å². The lowest BCUT2D eigenvalue weighted by atomic mass is 9.96. The maximum absolute atomic E-state index is 12.6. The van der Waals surface area contributed by atoms with E-state index in [1.165, 1.54) is 16.7 Å². The van der Waals surface area contributed by atoms with Crippen molar-refractivity contribution in [1.82, 2.24) is 10.2 Å². The molecule has 0 aliphatic carbocycles. The van der Waals surface area contributed by atoms with Crippen LogP contribution in [-0.2, 0) is 17.8 Å². The number of nitrogens with zero attached hydrogens (tertiary/aromatic N) is 2. The van der Waals surface area contributed by atoms with Crippen LogP contribution in [0.25, 0.3) is 0 Å². The number of hydrogen-bond donors (Lipinski definition) is 1. The van der Waals surface area contributed by atoms with E-state index >= 15 is 0 Å². The molecule has 0 fully saturated rings. The van der Waals surface area contributed by atoms with E-state index in [2.05, 4.69) is 63.6 Å². The van der Waals surface area contributed by atoms with Gasteiger partial charge in [-0.3, -0.25) is 9.69 Å². The van der Waals surface area contributed by atoms with Crippen molar-refractivity contribution >= 4 is 11.6 Å². The van der Waals surface area contributed by atoms with Crippen molar-refractivity contribution in [1.29, 1.82) is 0 Å². The molecule has 0 bridgehead atoms. The third-order valence-corrected chi connectivity index (χ3v) is 6.28. The Kier molecular flexibility index (Phi) is 7.30. The molecule has 0 aromatic heterocycles. The number of hydrogen-bond acceptors (Lipinski definition) is 4. The van der Waals surface area contributed by atoms with E-state index in [1.54, 1.807) is 0 Å². The fourth-order valence-electron chi connectivity index (χ4n) is 4.28. The van der Waals surface area contributed by atoms with Gasteiger partial charge in [0.1, 0.15) is 5.75 Å². The molecule has 1 atom stereocenters. The smallest absolute Gasteiger partial charge is 0.258 e. The second-order valence-corrected chi connectivity index (χ2v) is 8.90. The lowest BCUT2D eigenvalue weighted by Crippen LogP contribution is -2.41. The van der Waals surface area contributed by atoms with Crippen molar-refractivity contribution in [2.45, 2.75) is 25.9 Å². The van der Waals surface area contributed by atoms with Crippen molar-refractivity contribution < 1.29 is 9.53 Å². The summed E-state index contributed by atoms with van der Waals surface area (Å²) in [5.41, 5.74) is 6.33. The zero-order chi connectivity index (χ0) is 23.2. The molecule has 1 heterocycles. The SMILES string of the molecule is Cc1ccc(OCC(=O)NC[C@@H](c2ccc(N(C)C)cc2)N2CCc3ccccc3C2)cc1. The molecule has 0 radical (unpaired) electrons. The normalized spacial score (nSPS) is 14.3. The van der Waals surface area contributed by atoms with Gasteiger partial charge in [-0.2, -0.15) is 0 Å². The predicted octanol–water partition coefficient (Wildman–Crippen LogP) is 4.36. The molecule has 5 heteroatoms. The highest BCUT2D eigenvalue weighted by atomic mass is 16.5. The molecule has 172 valence electrons. The highest BCUT2D eigenvalue weighted by Gasteiger charge is 2.25. The summed E-state index contributed by atoms with van der Waals surface area (Å²) in [6.45, 7) is 4.43. The zero-order valence-electron chi connectivity index (χ0n) is 19.8. The standard InChI is InChI=1S/C28H33N3O2/c1-21-8-14-26(15-9-21)33-20-28(32)29-18-27(23-10-12-25(13-11-23)30(2)3)31-17-16-22-6-4-5-7-24(22)19-31/h4-15,27H,16-20H2,1-3H3,(H,29,32)/t27-/m0/s1. The number of anilines is 1. The average molecular weight is 444 g/mol. The molecule has 1 N–H and O–H groups in total. The van der Waals surface area contributed by atoms with Gasteiger partial charge in [0, 0.05) is 39.4 Å². The number of benzene rings is 3. The van der Waals surface area contributed by atoms with Crippen molar-refractivity contribution in [3.05, 3.63) is 95.1 Å². The molecule has 3 aromatic carbocycles. The van der Waals surface area contributed by atoms with Crippen LogP contribution in [0.3, 0.4) is 0 Å². The maximum atomic E-state index is 12.6. The van der Waals surface area contributed by atoms with Crippen LogP contribution in [0.2, 0.25) is 0 Å². The molecule has 0 unspecified atom stereocenters. The van der Waals surface area contributed by atoms with E-state index in [4.69, 9.17) is 4.74 Å². The summed E-state index contributed by atoms with van der Waals surface area (Å²) in [6.07, 6.45) is 1.02. The summed E-state index contributed by atoms with van der Waals surface area (Å²) in [5, 5.41) is 3.11. The van der Waals surface area contributed by atoms with Gasteiger partial charge < -0.3 is 15.0 Å². The molecule has 1 aliphatic heterocycles. The third kappa shape index (κ3) is 5.93. The van der Waals surface area contributed by atoms with E-state index in [-0.39, 0.29) is 18.6 Å². The summed E-state index contributed by atoms with van der Waals surface area (Å²) in [5.74, 6) is 0.599. The Morgan fingerprint density at radius 2 is 1.70 bits per heavy atom. The summed E-state index contributed by atoms with van der Waals surface area (Å²) in [4.78, 5) is 17.1. The molecular weight excluding hydrogens is 410 g/mol. The Bertz CT molecular complexity index is 1060. The van der Waals surface area contributed by atoms with Crippen molar-refractivity contribution in [2.24, 2.45) is 0 Å². The van der Waals surface area contributed by atoms with Crippen molar-refractivity contribution in [3.63, 3.8) is 0 Å². The molecule has 4 rings (SSSR count). The van der Waals surface area contributed by atoms with Crippen LogP contribution in [-0.4, -0.2) is 44.6 Å². The second-order valence-electron chi connectivity index (χ2n) is 8.90. The van der Waals surface area contributed by atoms with Gasteiger partial charge in [-0.1, -0.05) is 54.1 Å². The van der Waals surface area contributed by atoms with Gasteiger partial charge in [0.15, 0.2) is 6.61 Å². The summed E-state index contributed by atoms with van der Waals surface area (Å²) in [6, 6.07) is 25.1. The molecular formula is C28H33N3O2. The monoisotopic (exact) mass is 443 g/mol. The Morgan fingerprint density at radius 3 is 2.39 bits per heavy atom. The fraction of sp³-hybridized carbons (Fsp3) is 0.321. The first kappa shape index (κ1) is 22.9. The molecule has 5 nitrogen and oxygen atoms in total. The largest absolute Gasteiger partial charge is 0.484 e. The van der Waals surface area contributed by atoms with Gasteiger partial charge in [-0.15, -0.1) is 0 Å². The first-order valence-electron chi connectivity index (χ1n) is 11.5. The minimum absolute atomic E-state index is 0.0121. The van der Waals surface area contributed by atoms with E-state index in [0.29, 0.717) is 12.3 Å². The lowest BCUT2D eigenvalue weighted by Gasteiger charge is -2.36. The topological polar surface area (TPSA) is 44.8 Å². The van der Waals surface area contributed by atoms with Crippen LogP contribution in [0.1, 0.15) is 28.3 Å². The third-order valence-electron chi connectivity index (χ3n) is 6.28. The van der Waals surface area contributed by atoms with Gasteiger partial charge in [-0.25, -0.2) is 0 Å². The van der Waals surface area contributed by atoms with E-state index < -0.39 is 0 Å². The Balaban J connectivity index is 1.44. The van der Waals surface area contributed by atoms with Crippen molar-refractivity contribution in [2.75, 3.05) is 38.7 Å². The molecule has 3 aromatic rings. The van der Waals surface area contributed by atoms with Gasteiger partial charge in [-0.05, 0) is 54.3 Å². The van der Waals surface area contributed by atoms with Crippen LogP contribution >= 0.6 is 0 Å². The molecule has 1 amide bonds. The summed E-state index contributed by atoms with van der Waals surface area (Å²) < 4.78 is 5.66. The molecule has 1 aliphatic rings. The zero-order valence-corrected chi connectivity index (χ0v) is 19.8. The van der Waals surface area contributed by atoms with Crippen molar-refractivity contribution in [3.8, 4) is 5.75 Å². The minimum Gasteiger partial charge on any atom is -0.484 e. The van der Waals surface area contributed by atoms with Gasteiger partial charge in [0.05, 0.1) is 6.04 Å². The van der Waals surface area contributed by atoms with E-state index in [1.807, 2.05) is 45.3 Å². The average Bonchev–Trinajstić information content (AvgIpc) is 2.84. The molecule has 0 spiro atoms. The number of carbonyl (C=O) groups excluding carboxylic acids is 1. The van der Waals surface area contributed by atoms with Gasteiger partial charge in [0.2, 0.25) is 0 Å². The highest BCUT2D eigenvalue weighted by Crippen LogP contribution is 2.28. The fourth-order valence-corrected chi connectivity index (χ4v) is 4.28. The quantitative estimate of drug-likeness (QED) is 0.562. The van der Waals surface area contributed by atoms with Crippen LogP contribution in [0.5, 0.6) is 5.75 Å². The van der Waals surface area contributed by atoms with E-state index in [0.717, 1.165) is 30.8 Å². The summed E-state index contributed by atoms with van der Waals surface area (Å²) in [7, 11) is 4.09. The Labute approximate surface area is 197 Å². The second kappa shape index (κ2) is 10.5. The minimum atomic E-state index is -0.108. The van der Waals surface area contributed by atoms with Gasteiger partial charge >= 0.3 is 0 Å². The van der Waals surface area contributed by atoms with Crippen LogP contribution in [0.4, 0.5) is 5.69 Å². The van der Waals surface area contributed by atoms with Crippen LogP contribution in [0.15, 0.2) is 72.8 Å². The number of nitrogens with one attached hydrogen (secondary N) is 1. The van der Waals surface area contributed by atoms with Crippen LogP contribution in [0, 0.1) is 6.92 Å². The van der Waals surface area contributed by atoms with Gasteiger partial charge in [0.25, 0.3) is 5.91 Å². The lowest BCUT2D eigenvalue weighted by molar-refractivity contribution is -0.123. The molecule has 0 saturated heterocycles. The first-order chi connectivity index (χ1) is 16.0. The maximum Gasteiger partial charge on any atom is 0.258 e. The number of aryl methyl sites for hydroxylation is 1. The summed E-state index contributed by atoms with van der Waals surface area (Å²) >= 11 is 0. The Morgan fingerprint density at radius 1 is 1.00 bits per heavy atom. The number of amides is 1. The number of ether oxygens (including phenoxy) is 1. The number of carbonyl (C=O) groups is 1. The predicted molar refractivity (Wildman–Crippen MR) is 134 cm³/mol. The molecule has 33 heavy (non-hydrogen) atoms.